The van der Waals surface area contributed by atoms with E-state index in [1.807, 2.05) is 0 Å². The first-order chi connectivity index (χ1) is 10.5. The monoisotopic (exact) mass is 302 g/mol. The van der Waals surface area contributed by atoms with Crippen LogP contribution in [-0.2, 0) is 6.54 Å². The van der Waals surface area contributed by atoms with Gasteiger partial charge in [-0.3, -0.25) is 30.0 Å². The Kier molecular flexibility index (Phi) is 4.37. The summed E-state index contributed by atoms with van der Waals surface area (Å²) in [6.45, 7) is 0.162. The molecule has 1 heterocycles. The minimum atomic E-state index is -0.825. The molecule has 0 fully saturated rings. The van der Waals surface area contributed by atoms with E-state index in [1.165, 1.54) is 0 Å². The normalized spacial score (nSPS) is 10.0. The Morgan fingerprint density at radius 3 is 2.36 bits per heavy atom. The molecule has 0 atom stereocenters. The lowest BCUT2D eigenvalue weighted by atomic mass is 10.1. The average molecular weight is 302 g/mol. The summed E-state index contributed by atoms with van der Waals surface area (Å²) in [4.78, 5) is 35.9. The van der Waals surface area contributed by atoms with E-state index in [-0.39, 0.29) is 12.1 Å². The van der Waals surface area contributed by atoms with Crippen molar-refractivity contribution < 1.29 is 14.6 Å². The third kappa shape index (κ3) is 3.39. The first kappa shape index (κ1) is 15.0. The molecule has 0 radical (unpaired) electrons. The van der Waals surface area contributed by atoms with Crippen molar-refractivity contribution in [1.82, 2.24) is 10.3 Å². The molecular weight excluding hydrogens is 292 g/mol. The molecule has 0 bridgehead atoms. The first-order valence-electron chi connectivity index (χ1n) is 6.09. The topological polar surface area (TPSA) is 128 Å². The highest BCUT2D eigenvalue weighted by molar-refractivity contribution is 5.98. The number of nitrogens with zero attached hydrogens (tertiary/aromatic N) is 3. The van der Waals surface area contributed by atoms with Crippen LogP contribution in [0, 0.1) is 20.2 Å². The molecule has 0 aliphatic carbocycles. The second-order valence-electron chi connectivity index (χ2n) is 4.25. The molecule has 1 aromatic heterocycles. The SMILES string of the molecule is O=C(NCc1ccncc1)c1ccc([N+](=O)[O-])cc1[N+](=O)[O-]. The van der Waals surface area contributed by atoms with Crippen LogP contribution in [0.3, 0.4) is 0 Å². The number of hydrogen-bond donors (Lipinski definition) is 1. The molecule has 0 saturated carbocycles. The van der Waals surface area contributed by atoms with Crippen molar-refractivity contribution in [3.63, 3.8) is 0 Å². The van der Waals surface area contributed by atoms with Crippen molar-refractivity contribution in [2.45, 2.75) is 6.54 Å². The maximum Gasteiger partial charge on any atom is 0.289 e. The number of benzene rings is 1. The van der Waals surface area contributed by atoms with E-state index < -0.39 is 27.1 Å². The Morgan fingerprint density at radius 2 is 1.77 bits per heavy atom. The molecule has 2 rings (SSSR count). The quantitative estimate of drug-likeness (QED) is 0.662. The van der Waals surface area contributed by atoms with Gasteiger partial charge in [-0.15, -0.1) is 0 Å². The van der Waals surface area contributed by atoms with Crippen LogP contribution in [-0.4, -0.2) is 20.7 Å². The molecule has 22 heavy (non-hydrogen) atoms. The lowest BCUT2D eigenvalue weighted by Crippen LogP contribution is -2.23. The van der Waals surface area contributed by atoms with E-state index in [1.54, 1.807) is 24.5 Å². The number of hydrogen-bond acceptors (Lipinski definition) is 6. The second kappa shape index (κ2) is 6.39. The summed E-state index contributed by atoms with van der Waals surface area (Å²) < 4.78 is 0. The summed E-state index contributed by atoms with van der Waals surface area (Å²) in [7, 11) is 0. The highest BCUT2D eigenvalue weighted by atomic mass is 16.6. The molecule has 1 aromatic carbocycles. The van der Waals surface area contributed by atoms with Gasteiger partial charge in [0, 0.05) is 25.0 Å². The molecule has 9 heteroatoms. The molecule has 112 valence electrons. The molecule has 0 aliphatic heterocycles. The number of carbonyl (C=O) groups is 1. The van der Waals surface area contributed by atoms with E-state index in [0.717, 1.165) is 23.8 Å². The van der Waals surface area contributed by atoms with Gasteiger partial charge in [0.1, 0.15) is 5.56 Å². The molecule has 0 unspecified atom stereocenters. The Bertz CT molecular complexity index is 732. The number of nitrogens with one attached hydrogen (secondary N) is 1. The smallest absolute Gasteiger partial charge is 0.289 e. The predicted molar refractivity (Wildman–Crippen MR) is 75.2 cm³/mol. The lowest BCUT2D eigenvalue weighted by Gasteiger charge is -2.05. The molecule has 0 saturated heterocycles. The maximum absolute atomic E-state index is 12.0. The molecule has 9 nitrogen and oxygen atoms in total. The minimum absolute atomic E-state index is 0.162. The van der Waals surface area contributed by atoms with Crippen LogP contribution in [0.2, 0.25) is 0 Å². The van der Waals surface area contributed by atoms with Gasteiger partial charge in [-0.05, 0) is 23.8 Å². The van der Waals surface area contributed by atoms with Crippen LogP contribution in [0.5, 0.6) is 0 Å². The summed E-state index contributed by atoms with van der Waals surface area (Å²) in [5.41, 5.74) is -0.517. The van der Waals surface area contributed by atoms with Crippen molar-refractivity contribution in [3.8, 4) is 0 Å². The number of nitro groups is 2. The van der Waals surface area contributed by atoms with Crippen LogP contribution in [0.4, 0.5) is 11.4 Å². The molecule has 1 amide bonds. The number of carbonyl (C=O) groups excluding carboxylic acids is 1. The van der Waals surface area contributed by atoms with Crippen LogP contribution in [0.1, 0.15) is 15.9 Å². The summed E-state index contributed by atoms with van der Waals surface area (Å²) in [6, 6.07) is 6.25. The maximum atomic E-state index is 12.0. The van der Waals surface area contributed by atoms with Crippen molar-refractivity contribution in [1.29, 1.82) is 0 Å². The summed E-state index contributed by atoms with van der Waals surface area (Å²) >= 11 is 0. The van der Waals surface area contributed by atoms with Crippen molar-refractivity contribution in [3.05, 3.63) is 74.1 Å². The number of amides is 1. The van der Waals surface area contributed by atoms with Crippen LogP contribution in [0.15, 0.2) is 42.7 Å². The fourth-order valence-electron chi connectivity index (χ4n) is 1.75. The van der Waals surface area contributed by atoms with Crippen molar-refractivity contribution in [2.75, 3.05) is 0 Å². The van der Waals surface area contributed by atoms with E-state index in [0.29, 0.717) is 0 Å². The van der Waals surface area contributed by atoms with Gasteiger partial charge in [-0.25, -0.2) is 0 Å². The third-order valence-corrected chi connectivity index (χ3v) is 2.84. The number of non-ortho nitro benzene ring substituents is 1. The number of nitro benzene ring substituents is 2. The standard InChI is InChI=1S/C13H10N4O5/c18-13(15-8-9-3-5-14-6-4-9)11-2-1-10(16(19)20)7-12(11)17(21)22/h1-7H,8H2,(H,15,18). The number of aromatic nitrogens is 1. The first-order valence-corrected chi connectivity index (χ1v) is 6.09. The summed E-state index contributed by atoms with van der Waals surface area (Å²) in [5.74, 6) is -0.682. The largest absolute Gasteiger partial charge is 0.348 e. The highest BCUT2D eigenvalue weighted by Crippen LogP contribution is 2.24. The third-order valence-electron chi connectivity index (χ3n) is 2.84. The van der Waals surface area contributed by atoms with Gasteiger partial charge >= 0.3 is 0 Å². The van der Waals surface area contributed by atoms with Gasteiger partial charge in [-0.1, -0.05) is 0 Å². The van der Waals surface area contributed by atoms with E-state index >= 15 is 0 Å². The Labute approximate surface area is 123 Å². The van der Waals surface area contributed by atoms with Crippen LogP contribution in [0.25, 0.3) is 0 Å². The second-order valence-corrected chi connectivity index (χ2v) is 4.25. The molecule has 0 spiro atoms. The Morgan fingerprint density at radius 1 is 1.09 bits per heavy atom. The van der Waals surface area contributed by atoms with Gasteiger partial charge in [0.05, 0.1) is 15.9 Å². The van der Waals surface area contributed by atoms with Crippen LogP contribution >= 0.6 is 0 Å². The fraction of sp³-hybridized carbons (Fsp3) is 0.0769. The van der Waals surface area contributed by atoms with E-state index in [2.05, 4.69) is 10.3 Å². The van der Waals surface area contributed by atoms with Gasteiger partial charge in [0.15, 0.2) is 0 Å². The lowest BCUT2D eigenvalue weighted by molar-refractivity contribution is -0.394. The van der Waals surface area contributed by atoms with Gasteiger partial charge in [0.25, 0.3) is 17.3 Å². The summed E-state index contributed by atoms with van der Waals surface area (Å²) in [5, 5.41) is 24.1. The molecule has 2 aromatic rings. The van der Waals surface area contributed by atoms with Gasteiger partial charge in [0.2, 0.25) is 0 Å². The Hall–Kier alpha value is -3.36. The zero-order valence-corrected chi connectivity index (χ0v) is 11.1. The van der Waals surface area contributed by atoms with Gasteiger partial charge in [-0.2, -0.15) is 0 Å². The van der Waals surface area contributed by atoms with Crippen molar-refractivity contribution >= 4 is 17.3 Å². The minimum Gasteiger partial charge on any atom is -0.348 e. The number of rotatable bonds is 5. The Balaban J connectivity index is 2.22. The number of pyridine rings is 1. The zero-order chi connectivity index (χ0) is 16.1. The van der Waals surface area contributed by atoms with Crippen LogP contribution < -0.4 is 5.32 Å². The molecule has 1 N–H and O–H groups in total. The summed E-state index contributed by atoms with van der Waals surface area (Å²) in [6.07, 6.45) is 3.10. The average Bonchev–Trinajstić information content (AvgIpc) is 2.52. The zero-order valence-electron chi connectivity index (χ0n) is 11.1. The van der Waals surface area contributed by atoms with E-state index in [9.17, 15) is 25.0 Å². The van der Waals surface area contributed by atoms with E-state index in [4.69, 9.17) is 0 Å². The van der Waals surface area contributed by atoms with Gasteiger partial charge < -0.3 is 5.32 Å². The predicted octanol–water partition coefficient (Wildman–Crippen LogP) is 1.83. The molecule has 0 aliphatic rings. The van der Waals surface area contributed by atoms with Crippen molar-refractivity contribution in [2.24, 2.45) is 0 Å². The highest BCUT2D eigenvalue weighted by Gasteiger charge is 2.23. The fourth-order valence-corrected chi connectivity index (χ4v) is 1.75. The molecular formula is C13H10N4O5.